The molecule has 0 fully saturated rings. The van der Waals surface area contributed by atoms with Gasteiger partial charge in [-0.25, -0.2) is 4.98 Å². The summed E-state index contributed by atoms with van der Waals surface area (Å²) in [5.41, 5.74) is 4.37. The van der Waals surface area contributed by atoms with Crippen LogP contribution in [0.5, 0.6) is 0 Å². The molecule has 0 atom stereocenters. The minimum atomic E-state index is 0.0200. The number of imidazole rings is 1. The van der Waals surface area contributed by atoms with Crippen LogP contribution in [-0.2, 0) is 24.2 Å². The molecule has 0 aliphatic heterocycles. The Labute approximate surface area is 204 Å². The van der Waals surface area contributed by atoms with Gasteiger partial charge < -0.3 is 9.88 Å². The third-order valence-corrected chi connectivity index (χ3v) is 6.37. The molecule has 5 rings (SSSR count). The molecule has 5 heteroatoms. The maximum atomic E-state index is 12.3. The molecule has 1 N–H and O–H groups in total. The predicted molar refractivity (Wildman–Crippen MR) is 139 cm³/mol. The number of aromatic nitrogens is 2. The Bertz CT molecular complexity index is 1430. The number of hydrogen-bond acceptors (Lipinski definition) is 2. The molecule has 1 aromatic heterocycles. The molecule has 0 radical (unpaired) electrons. The Morgan fingerprint density at radius 3 is 2.53 bits per heavy atom. The molecule has 1 heterocycles. The van der Waals surface area contributed by atoms with Gasteiger partial charge in [0, 0.05) is 24.5 Å². The van der Waals surface area contributed by atoms with Crippen LogP contribution in [0.2, 0.25) is 5.02 Å². The molecule has 0 spiro atoms. The van der Waals surface area contributed by atoms with E-state index in [9.17, 15) is 4.79 Å². The van der Waals surface area contributed by atoms with Crippen molar-refractivity contribution in [2.75, 3.05) is 6.54 Å². The van der Waals surface area contributed by atoms with Gasteiger partial charge in [0.25, 0.3) is 0 Å². The van der Waals surface area contributed by atoms with Crippen LogP contribution in [0.1, 0.15) is 23.4 Å². The van der Waals surface area contributed by atoms with E-state index in [1.165, 1.54) is 16.3 Å². The number of amides is 1. The van der Waals surface area contributed by atoms with E-state index in [-0.39, 0.29) is 5.91 Å². The van der Waals surface area contributed by atoms with Crippen molar-refractivity contribution in [2.45, 2.75) is 25.8 Å². The molecular weight excluding hydrogens is 442 g/mol. The van der Waals surface area contributed by atoms with Crippen LogP contribution in [0.15, 0.2) is 91.0 Å². The number of carbonyl (C=O) groups excluding carboxylic acids is 1. The Balaban J connectivity index is 1.28. The smallest absolute Gasteiger partial charge is 0.224 e. The van der Waals surface area contributed by atoms with Crippen molar-refractivity contribution in [3.05, 3.63) is 113 Å². The Morgan fingerprint density at radius 2 is 1.65 bits per heavy atom. The van der Waals surface area contributed by atoms with Gasteiger partial charge in [0.15, 0.2) is 0 Å². The van der Waals surface area contributed by atoms with E-state index in [1.54, 1.807) is 0 Å². The zero-order valence-corrected chi connectivity index (χ0v) is 19.6. The van der Waals surface area contributed by atoms with Crippen molar-refractivity contribution in [3.63, 3.8) is 0 Å². The normalized spacial score (nSPS) is 11.2. The van der Waals surface area contributed by atoms with E-state index in [2.05, 4.69) is 70.5 Å². The summed E-state index contributed by atoms with van der Waals surface area (Å²) in [6, 6.07) is 30.6. The molecule has 4 aromatic carbocycles. The fourth-order valence-corrected chi connectivity index (χ4v) is 4.54. The van der Waals surface area contributed by atoms with E-state index in [4.69, 9.17) is 16.6 Å². The lowest BCUT2D eigenvalue weighted by Gasteiger charge is -2.12. The zero-order valence-electron chi connectivity index (χ0n) is 18.9. The van der Waals surface area contributed by atoms with Crippen LogP contribution in [0.25, 0.3) is 21.8 Å². The molecule has 5 aromatic rings. The number of fused-ring (bicyclic) bond motifs is 2. The SMILES string of the molecule is O=C(Cc1ccc(Cl)cc1)NCCCc1nc2ccccc2n1Cc1cccc2ccccc12. The summed E-state index contributed by atoms with van der Waals surface area (Å²) >= 11 is 5.92. The highest BCUT2D eigenvalue weighted by Crippen LogP contribution is 2.23. The largest absolute Gasteiger partial charge is 0.356 e. The summed E-state index contributed by atoms with van der Waals surface area (Å²) in [6.07, 6.45) is 1.97. The zero-order chi connectivity index (χ0) is 23.3. The Hall–Kier alpha value is -3.63. The van der Waals surface area contributed by atoms with E-state index in [1.807, 2.05) is 30.3 Å². The van der Waals surface area contributed by atoms with Crippen molar-refractivity contribution >= 4 is 39.3 Å². The number of nitrogens with zero attached hydrogens (tertiary/aromatic N) is 2. The van der Waals surface area contributed by atoms with Crippen molar-refractivity contribution in [1.82, 2.24) is 14.9 Å². The van der Waals surface area contributed by atoms with Gasteiger partial charge in [-0.2, -0.15) is 0 Å². The first-order chi connectivity index (χ1) is 16.7. The van der Waals surface area contributed by atoms with Gasteiger partial charge in [0.05, 0.1) is 17.5 Å². The average molecular weight is 468 g/mol. The molecule has 0 bridgehead atoms. The summed E-state index contributed by atoms with van der Waals surface area (Å²) in [5, 5.41) is 6.22. The number of benzene rings is 4. The molecule has 34 heavy (non-hydrogen) atoms. The second kappa shape index (κ2) is 10.1. The highest BCUT2D eigenvalue weighted by Gasteiger charge is 2.12. The summed E-state index contributed by atoms with van der Waals surface area (Å²) in [6.45, 7) is 1.38. The number of rotatable bonds is 8. The first-order valence-electron chi connectivity index (χ1n) is 11.6. The Morgan fingerprint density at radius 1 is 0.882 bits per heavy atom. The number of carbonyl (C=O) groups is 1. The van der Waals surface area contributed by atoms with Crippen LogP contribution in [0, 0.1) is 0 Å². The lowest BCUT2D eigenvalue weighted by Crippen LogP contribution is -2.26. The molecule has 170 valence electrons. The molecule has 0 unspecified atom stereocenters. The van der Waals surface area contributed by atoms with Gasteiger partial charge in [-0.05, 0) is 52.6 Å². The van der Waals surface area contributed by atoms with Gasteiger partial charge in [-0.15, -0.1) is 0 Å². The second-order valence-electron chi connectivity index (χ2n) is 8.50. The van der Waals surface area contributed by atoms with Gasteiger partial charge in [0.1, 0.15) is 5.82 Å². The van der Waals surface area contributed by atoms with Crippen molar-refractivity contribution in [3.8, 4) is 0 Å². The van der Waals surface area contributed by atoms with E-state index < -0.39 is 0 Å². The molecule has 1 amide bonds. The minimum absolute atomic E-state index is 0.0200. The first-order valence-corrected chi connectivity index (χ1v) is 12.0. The van der Waals surface area contributed by atoms with Crippen molar-refractivity contribution in [1.29, 1.82) is 0 Å². The highest BCUT2D eigenvalue weighted by molar-refractivity contribution is 6.30. The topological polar surface area (TPSA) is 46.9 Å². The van der Waals surface area contributed by atoms with Gasteiger partial charge >= 0.3 is 0 Å². The van der Waals surface area contributed by atoms with E-state index in [0.29, 0.717) is 18.0 Å². The van der Waals surface area contributed by atoms with Gasteiger partial charge in [0.2, 0.25) is 5.91 Å². The predicted octanol–water partition coefficient (Wildman–Crippen LogP) is 6.18. The minimum Gasteiger partial charge on any atom is -0.356 e. The van der Waals surface area contributed by atoms with Crippen molar-refractivity contribution < 1.29 is 4.79 Å². The number of aryl methyl sites for hydroxylation is 1. The maximum absolute atomic E-state index is 12.3. The summed E-state index contributed by atoms with van der Waals surface area (Å²) in [7, 11) is 0. The second-order valence-corrected chi connectivity index (χ2v) is 8.93. The van der Waals surface area contributed by atoms with Crippen LogP contribution in [0.4, 0.5) is 0 Å². The molecule has 0 saturated carbocycles. The van der Waals surface area contributed by atoms with E-state index in [0.717, 1.165) is 41.8 Å². The monoisotopic (exact) mass is 467 g/mol. The molecule has 0 aliphatic rings. The quantitative estimate of drug-likeness (QED) is 0.277. The molecule has 0 saturated heterocycles. The van der Waals surface area contributed by atoms with Crippen LogP contribution in [-0.4, -0.2) is 22.0 Å². The average Bonchev–Trinajstić information content (AvgIpc) is 3.21. The van der Waals surface area contributed by atoms with Crippen LogP contribution >= 0.6 is 11.6 Å². The van der Waals surface area contributed by atoms with Crippen LogP contribution in [0.3, 0.4) is 0 Å². The van der Waals surface area contributed by atoms with Gasteiger partial charge in [-0.3, -0.25) is 4.79 Å². The Kier molecular flexibility index (Phi) is 6.59. The lowest BCUT2D eigenvalue weighted by molar-refractivity contribution is -0.120. The molecule has 4 nitrogen and oxygen atoms in total. The van der Waals surface area contributed by atoms with Crippen molar-refractivity contribution in [2.24, 2.45) is 0 Å². The summed E-state index contributed by atoms with van der Waals surface area (Å²) in [4.78, 5) is 17.2. The van der Waals surface area contributed by atoms with Crippen LogP contribution < -0.4 is 5.32 Å². The first kappa shape index (κ1) is 22.2. The number of halogens is 1. The maximum Gasteiger partial charge on any atom is 0.224 e. The molecule has 0 aliphatic carbocycles. The number of nitrogens with one attached hydrogen (secondary N) is 1. The summed E-state index contributed by atoms with van der Waals surface area (Å²) in [5.74, 6) is 1.06. The van der Waals surface area contributed by atoms with Gasteiger partial charge in [-0.1, -0.05) is 78.3 Å². The fraction of sp³-hybridized carbons (Fsp3) is 0.172. The lowest BCUT2D eigenvalue weighted by atomic mass is 10.0. The third-order valence-electron chi connectivity index (χ3n) is 6.12. The number of para-hydroxylation sites is 2. The third kappa shape index (κ3) is 4.97. The summed E-state index contributed by atoms with van der Waals surface area (Å²) < 4.78 is 2.31. The number of hydrogen-bond donors (Lipinski definition) is 1. The molecular formula is C29H26ClN3O. The fourth-order valence-electron chi connectivity index (χ4n) is 4.42. The highest BCUT2D eigenvalue weighted by atomic mass is 35.5. The van der Waals surface area contributed by atoms with E-state index >= 15 is 0 Å². The standard InChI is InChI=1S/C29H26ClN3O/c30-24-16-14-21(15-17-24)19-29(34)31-18-6-13-28-32-26-11-3-4-12-27(26)33(28)20-23-9-5-8-22-7-1-2-10-25(22)23/h1-5,7-12,14-17H,6,13,18-20H2,(H,31,34).